The van der Waals surface area contributed by atoms with Crippen molar-refractivity contribution in [3.05, 3.63) is 79.1 Å². The maximum Gasteiger partial charge on any atom is 0.197 e. The minimum atomic E-state index is 0.0904. The average Bonchev–Trinajstić information content (AvgIpc) is 3.22. The molecule has 0 spiro atoms. The molecule has 0 fully saturated rings. The fourth-order valence-corrected chi connectivity index (χ4v) is 10.2. The van der Waals surface area contributed by atoms with Gasteiger partial charge in [0, 0.05) is 34.6 Å². The van der Waals surface area contributed by atoms with Crippen LogP contribution in [0.1, 0.15) is 216 Å². The van der Waals surface area contributed by atoms with Crippen molar-refractivity contribution in [1.29, 1.82) is 0 Å². The van der Waals surface area contributed by atoms with Gasteiger partial charge in [0.1, 0.15) is 0 Å². The van der Waals surface area contributed by atoms with Crippen LogP contribution in [0.15, 0.2) is 46.0 Å². The van der Waals surface area contributed by atoms with Crippen molar-refractivity contribution >= 4 is 43.6 Å². The van der Waals surface area contributed by atoms with Crippen molar-refractivity contribution in [3.8, 4) is 0 Å². The second-order valence-electron chi connectivity index (χ2n) is 19.0. The number of aryl methyl sites for hydroxylation is 6. The van der Waals surface area contributed by atoms with Crippen LogP contribution in [0.5, 0.6) is 0 Å². The van der Waals surface area contributed by atoms with Crippen LogP contribution in [-0.4, -0.2) is 9.13 Å². The van der Waals surface area contributed by atoms with Gasteiger partial charge in [-0.1, -0.05) is 193 Å². The van der Waals surface area contributed by atoms with E-state index in [4.69, 9.17) is 0 Å². The highest BCUT2D eigenvalue weighted by molar-refractivity contribution is 6.04. The Kier molecular flexibility index (Phi) is 20.3. The quantitative estimate of drug-likeness (QED) is 0.0342. The molecular formula is C56H84N2O2. The van der Waals surface area contributed by atoms with Crippen molar-refractivity contribution in [1.82, 2.24) is 9.13 Å². The van der Waals surface area contributed by atoms with E-state index < -0.39 is 0 Å². The molecule has 0 saturated heterocycles. The van der Waals surface area contributed by atoms with E-state index in [-0.39, 0.29) is 10.9 Å². The van der Waals surface area contributed by atoms with Crippen molar-refractivity contribution < 1.29 is 0 Å². The molecule has 4 nitrogen and oxygen atoms in total. The Bertz CT molecular complexity index is 2050. The first kappa shape index (κ1) is 47.6. The molecule has 0 radical (unpaired) electrons. The lowest BCUT2D eigenvalue weighted by molar-refractivity contribution is 0.527. The van der Waals surface area contributed by atoms with Crippen LogP contribution in [0.3, 0.4) is 0 Å². The van der Waals surface area contributed by atoms with E-state index in [0.717, 1.165) is 80.7 Å². The molecule has 0 aliphatic carbocycles. The Hall–Kier alpha value is -3.40. The summed E-state index contributed by atoms with van der Waals surface area (Å²) in [6, 6.07) is 12.9. The van der Waals surface area contributed by atoms with Crippen LogP contribution >= 0.6 is 0 Å². The molecule has 0 aliphatic rings. The standard InChI is InChI=1S/C56H84N2O2/c1-7-9-11-13-15-17-19-21-23-25-27-29-31-33-35-57-49-41-48-50(42-47(49)55(59)53-45(5)37-43(3)39-51(53)57)58(52-40-44(4)38-46(6)54(52)56(48)60)36-34-32-30-28-26-24-22-20-18-16-14-12-10-8-2/h37-42H,7-36H2,1-6H3. The van der Waals surface area contributed by atoms with Crippen LogP contribution in [0, 0.1) is 27.7 Å². The molecule has 4 heteroatoms. The molecule has 0 bridgehead atoms. The van der Waals surface area contributed by atoms with Crippen molar-refractivity contribution in [2.45, 2.75) is 234 Å². The van der Waals surface area contributed by atoms with Gasteiger partial charge in [0.2, 0.25) is 0 Å². The van der Waals surface area contributed by atoms with Gasteiger partial charge in [0.15, 0.2) is 10.9 Å². The Balaban J connectivity index is 1.31. The van der Waals surface area contributed by atoms with E-state index in [1.807, 2.05) is 0 Å². The Morgan fingerprint density at radius 2 is 0.600 bits per heavy atom. The molecule has 0 unspecified atom stereocenters. The Morgan fingerprint density at radius 3 is 0.883 bits per heavy atom. The van der Waals surface area contributed by atoms with E-state index in [2.05, 4.69) is 87.1 Å². The predicted octanol–water partition coefficient (Wildman–Crippen LogP) is 16.8. The number of nitrogens with zero attached hydrogens (tertiary/aromatic N) is 2. The number of aromatic nitrogens is 2. The van der Waals surface area contributed by atoms with Crippen LogP contribution in [0.4, 0.5) is 0 Å². The fourth-order valence-electron chi connectivity index (χ4n) is 10.2. The number of fused-ring (bicyclic) bond motifs is 4. The van der Waals surface area contributed by atoms with Crippen molar-refractivity contribution in [3.63, 3.8) is 0 Å². The van der Waals surface area contributed by atoms with Crippen LogP contribution < -0.4 is 10.9 Å². The van der Waals surface area contributed by atoms with Gasteiger partial charge in [0.05, 0.1) is 22.1 Å². The molecule has 0 amide bonds. The van der Waals surface area contributed by atoms with Crippen LogP contribution in [-0.2, 0) is 13.1 Å². The smallest absolute Gasteiger partial charge is 0.197 e. The molecule has 0 N–H and O–H groups in total. The molecular weight excluding hydrogens is 733 g/mol. The zero-order valence-electron chi connectivity index (χ0n) is 39.4. The van der Waals surface area contributed by atoms with Gasteiger partial charge in [0.25, 0.3) is 0 Å². The van der Waals surface area contributed by atoms with Gasteiger partial charge >= 0.3 is 0 Å². The monoisotopic (exact) mass is 817 g/mol. The molecule has 60 heavy (non-hydrogen) atoms. The second-order valence-corrected chi connectivity index (χ2v) is 19.0. The van der Waals surface area contributed by atoms with E-state index in [1.54, 1.807) is 0 Å². The molecule has 3 aromatic carbocycles. The van der Waals surface area contributed by atoms with E-state index in [9.17, 15) is 9.59 Å². The highest BCUT2D eigenvalue weighted by Crippen LogP contribution is 2.30. The molecule has 2 heterocycles. The van der Waals surface area contributed by atoms with Gasteiger partial charge in [-0.25, -0.2) is 0 Å². The largest absolute Gasteiger partial charge is 0.340 e. The SMILES string of the molecule is CCCCCCCCCCCCCCCCn1c2cc3c(=O)c4c(C)cc(C)cc4n(CCCCCCCCCCCCCCCC)c3cc2c(=O)c2c(C)cc(C)cc21. The first-order valence-corrected chi connectivity index (χ1v) is 25.3. The summed E-state index contributed by atoms with van der Waals surface area (Å²) in [6.45, 7) is 14.7. The van der Waals surface area contributed by atoms with Gasteiger partial charge in [-0.15, -0.1) is 0 Å². The summed E-state index contributed by atoms with van der Waals surface area (Å²) < 4.78 is 4.77. The van der Waals surface area contributed by atoms with E-state index in [1.165, 1.54) is 178 Å². The normalized spacial score (nSPS) is 12.0. The average molecular weight is 817 g/mol. The summed E-state index contributed by atoms with van der Waals surface area (Å²) in [5.74, 6) is 0. The second kappa shape index (κ2) is 25.5. The van der Waals surface area contributed by atoms with Crippen molar-refractivity contribution in [2.24, 2.45) is 0 Å². The van der Waals surface area contributed by atoms with Gasteiger partial charge in [-0.3, -0.25) is 9.59 Å². The number of unbranched alkanes of at least 4 members (excludes halogenated alkanes) is 26. The number of rotatable bonds is 30. The molecule has 2 aromatic heterocycles. The van der Waals surface area contributed by atoms with Gasteiger partial charge < -0.3 is 9.13 Å². The van der Waals surface area contributed by atoms with Gasteiger partial charge in [-0.05, 0) is 87.1 Å². The Morgan fingerprint density at radius 1 is 0.333 bits per heavy atom. The summed E-state index contributed by atoms with van der Waals surface area (Å²) in [6.07, 6.45) is 37.3. The fraction of sp³-hybridized carbons (Fsp3) is 0.643. The Labute approximate surface area is 364 Å². The van der Waals surface area contributed by atoms with E-state index in [0.29, 0.717) is 0 Å². The summed E-state index contributed by atoms with van der Waals surface area (Å²) in [5.41, 5.74) is 8.42. The summed E-state index contributed by atoms with van der Waals surface area (Å²) in [5, 5.41) is 3.13. The lowest BCUT2D eigenvalue weighted by atomic mass is 9.98. The molecule has 5 rings (SSSR count). The number of hydrogen-bond acceptors (Lipinski definition) is 2. The number of hydrogen-bond donors (Lipinski definition) is 0. The molecule has 330 valence electrons. The van der Waals surface area contributed by atoms with Crippen LogP contribution in [0.25, 0.3) is 43.6 Å². The third-order valence-corrected chi connectivity index (χ3v) is 13.6. The minimum absolute atomic E-state index is 0.0904. The summed E-state index contributed by atoms with van der Waals surface area (Å²) in [7, 11) is 0. The summed E-state index contributed by atoms with van der Waals surface area (Å²) >= 11 is 0. The number of benzene rings is 3. The maximum atomic E-state index is 14.6. The lowest BCUT2D eigenvalue weighted by Gasteiger charge is -2.20. The minimum Gasteiger partial charge on any atom is -0.340 e. The molecule has 0 saturated carbocycles. The third kappa shape index (κ3) is 13.3. The van der Waals surface area contributed by atoms with Crippen molar-refractivity contribution in [2.75, 3.05) is 0 Å². The maximum absolute atomic E-state index is 14.6. The lowest BCUT2D eigenvalue weighted by Crippen LogP contribution is -2.17. The zero-order chi connectivity index (χ0) is 42.7. The molecule has 0 aliphatic heterocycles. The first-order valence-electron chi connectivity index (χ1n) is 25.3. The topological polar surface area (TPSA) is 44.0 Å². The molecule has 5 aromatic rings. The highest BCUT2D eigenvalue weighted by atomic mass is 16.1. The summed E-state index contributed by atoms with van der Waals surface area (Å²) in [4.78, 5) is 29.2. The zero-order valence-corrected chi connectivity index (χ0v) is 39.4. The van der Waals surface area contributed by atoms with E-state index >= 15 is 0 Å². The van der Waals surface area contributed by atoms with Gasteiger partial charge in [-0.2, -0.15) is 0 Å². The predicted molar refractivity (Wildman–Crippen MR) is 265 cm³/mol. The molecule has 0 atom stereocenters. The highest BCUT2D eigenvalue weighted by Gasteiger charge is 2.19. The number of pyridine rings is 2. The van der Waals surface area contributed by atoms with Crippen LogP contribution in [0.2, 0.25) is 0 Å². The first-order chi connectivity index (χ1) is 29.3. The third-order valence-electron chi connectivity index (χ3n) is 13.6.